The molecule has 0 saturated carbocycles. The van der Waals surface area contributed by atoms with Gasteiger partial charge in [-0.2, -0.15) is 0 Å². The third-order valence-corrected chi connectivity index (χ3v) is 4.60. The zero-order valence-electron chi connectivity index (χ0n) is 13.4. The molecule has 23 heavy (non-hydrogen) atoms. The van der Waals surface area contributed by atoms with E-state index in [1.165, 1.54) is 0 Å². The molecular formula is C14H23N5O3S. The molecule has 2 atom stereocenters. The molecule has 0 spiro atoms. The summed E-state index contributed by atoms with van der Waals surface area (Å²) in [6.45, 7) is 3.75. The molecule has 0 aromatic carbocycles. The van der Waals surface area contributed by atoms with Crippen LogP contribution in [0, 0.1) is 5.92 Å². The van der Waals surface area contributed by atoms with Gasteiger partial charge in [0.05, 0.1) is 12.3 Å². The van der Waals surface area contributed by atoms with Gasteiger partial charge in [0.15, 0.2) is 0 Å². The van der Waals surface area contributed by atoms with Gasteiger partial charge in [-0.3, -0.25) is 15.0 Å². The minimum absolute atomic E-state index is 0.159. The van der Waals surface area contributed by atoms with Gasteiger partial charge in [0.1, 0.15) is 0 Å². The molecule has 9 heteroatoms. The summed E-state index contributed by atoms with van der Waals surface area (Å²) in [7, 11) is -3.18. The molecule has 1 aliphatic heterocycles. The number of piperidine rings is 1. The van der Waals surface area contributed by atoms with Gasteiger partial charge in [0.2, 0.25) is 21.9 Å². The van der Waals surface area contributed by atoms with Crippen LogP contribution in [0.25, 0.3) is 0 Å². The Labute approximate surface area is 136 Å². The highest BCUT2D eigenvalue weighted by molar-refractivity contribution is 7.88. The molecule has 8 nitrogen and oxygen atoms in total. The van der Waals surface area contributed by atoms with Gasteiger partial charge < -0.3 is 0 Å². The predicted molar refractivity (Wildman–Crippen MR) is 87.3 cm³/mol. The molecule has 2 heterocycles. The number of carbonyl (C=O) groups excluding carboxylic acids is 1. The molecule has 0 aliphatic carbocycles. The zero-order chi connectivity index (χ0) is 16.9. The Kier molecular flexibility index (Phi) is 6.03. The van der Waals surface area contributed by atoms with Crippen LogP contribution in [0.4, 0.5) is 5.95 Å². The maximum atomic E-state index is 12.3. The van der Waals surface area contributed by atoms with Crippen molar-refractivity contribution in [2.45, 2.75) is 25.8 Å². The van der Waals surface area contributed by atoms with Gasteiger partial charge >= 0.3 is 0 Å². The molecule has 1 saturated heterocycles. The molecule has 1 aromatic heterocycles. The summed E-state index contributed by atoms with van der Waals surface area (Å²) in [4.78, 5) is 22.3. The average Bonchev–Trinajstić information content (AvgIpc) is 2.53. The van der Waals surface area contributed by atoms with Crippen LogP contribution >= 0.6 is 0 Å². The second-order valence-electron chi connectivity index (χ2n) is 5.86. The molecular weight excluding hydrogens is 318 g/mol. The highest BCUT2D eigenvalue weighted by Crippen LogP contribution is 2.18. The van der Waals surface area contributed by atoms with Crippen LogP contribution in [-0.4, -0.2) is 61.1 Å². The van der Waals surface area contributed by atoms with Crippen molar-refractivity contribution >= 4 is 21.9 Å². The quantitative estimate of drug-likeness (QED) is 0.758. The molecule has 1 fully saturated rings. The Hall–Kier alpha value is -1.58. The summed E-state index contributed by atoms with van der Waals surface area (Å²) in [6.07, 6.45) is 6.19. The standard InChI is InChI=1S/C14H23N5O3S/c1-11(13(20)18-14-15-6-4-7-16-14)19-8-3-5-12(10-19)9-17-23(2,21)22/h4,6-7,11-12,17H,3,5,8-10H2,1-2H3,(H,15,16,18,20)/t11-,12-/m1/s1. The second kappa shape index (κ2) is 7.80. The summed E-state index contributed by atoms with van der Waals surface area (Å²) in [5.41, 5.74) is 0. The maximum Gasteiger partial charge on any atom is 0.243 e. The molecule has 1 aromatic rings. The number of anilines is 1. The first-order valence-corrected chi connectivity index (χ1v) is 9.51. The van der Waals surface area contributed by atoms with Gasteiger partial charge in [-0.15, -0.1) is 0 Å². The molecule has 2 rings (SSSR count). The fourth-order valence-electron chi connectivity index (χ4n) is 2.63. The Morgan fingerprint density at radius 1 is 1.43 bits per heavy atom. The molecule has 1 amide bonds. The Morgan fingerprint density at radius 2 is 2.13 bits per heavy atom. The number of amides is 1. The molecule has 0 radical (unpaired) electrons. The van der Waals surface area contributed by atoms with Crippen LogP contribution in [-0.2, 0) is 14.8 Å². The van der Waals surface area contributed by atoms with Crippen LogP contribution in [0.15, 0.2) is 18.5 Å². The van der Waals surface area contributed by atoms with E-state index in [1.54, 1.807) is 18.5 Å². The molecule has 0 unspecified atom stereocenters. The first-order chi connectivity index (χ1) is 10.8. The highest BCUT2D eigenvalue weighted by Gasteiger charge is 2.28. The van der Waals surface area contributed by atoms with Gasteiger partial charge in [0.25, 0.3) is 0 Å². The summed E-state index contributed by atoms with van der Waals surface area (Å²) in [6, 6.07) is 1.36. The zero-order valence-corrected chi connectivity index (χ0v) is 14.2. The smallest absolute Gasteiger partial charge is 0.243 e. The van der Waals surface area contributed by atoms with E-state index in [1.807, 2.05) is 6.92 Å². The SMILES string of the molecule is C[C@H](C(=O)Nc1ncccn1)N1CCC[C@H](CNS(C)(=O)=O)C1. The van der Waals surface area contributed by atoms with Gasteiger partial charge in [-0.05, 0) is 38.3 Å². The van der Waals surface area contributed by atoms with Crippen molar-refractivity contribution in [2.24, 2.45) is 5.92 Å². The van der Waals surface area contributed by atoms with Crippen molar-refractivity contribution in [2.75, 3.05) is 31.2 Å². The first kappa shape index (κ1) is 17.8. The highest BCUT2D eigenvalue weighted by atomic mass is 32.2. The number of likely N-dealkylation sites (tertiary alicyclic amines) is 1. The van der Waals surface area contributed by atoms with E-state index in [2.05, 4.69) is 24.9 Å². The number of rotatable bonds is 6. The second-order valence-corrected chi connectivity index (χ2v) is 7.69. The lowest BCUT2D eigenvalue weighted by atomic mass is 9.97. The lowest BCUT2D eigenvalue weighted by molar-refractivity contribution is -0.121. The van der Waals surface area contributed by atoms with Crippen molar-refractivity contribution < 1.29 is 13.2 Å². The molecule has 2 N–H and O–H groups in total. The largest absolute Gasteiger partial charge is 0.293 e. The maximum absolute atomic E-state index is 12.3. The van der Waals surface area contributed by atoms with Crippen LogP contribution < -0.4 is 10.0 Å². The fourth-order valence-corrected chi connectivity index (χ4v) is 3.17. The van der Waals surface area contributed by atoms with Crippen LogP contribution in [0.5, 0.6) is 0 Å². The van der Waals surface area contributed by atoms with E-state index in [0.29, 0.717) is 13.1 Å². The predicted octanol–water partition coefficient (Wildman–Crippen LogP) is 0.0648. The lowest BCUT2D eigenvalue weighted by Crippen LogP contribution is -2.49. The molecule has 0 bridgehead atoms. The molecule has 128 valence electrons. The summed E-state index contributed by atoms with van der Waals surface area (Å²) in [5, 5.41) is 2.70. The van der Waals surface area contributed by atoms with E-state index in [0.717, 1.165) is 25.6 Å². The summed E-state index contributed by atoms with van der Waals surface area (Å²) < 4.78 is 24.9. The normalized spacial score (nSPS) is 20.9. The molecule has 1 aliphatic rings. The third-order valence-electron chi connectivity index (χ3n) is 3.91. The van der Waals surface area contributed by atoms with Crippen molar-refractivity contribution in [3.8, 4) is 0 Å². The number of carbonyl (C=O) groups is 1. The topological polar surface area (TPSA) is 104 Å². The number of nitrogens with zero attached hydrogens (tertiary/aromatic N) is 3. The van der Waals surface area contributed by atoms with Gasteiger partial charge in [-0.25, -0.2) is 23.1 Å². The Bertz CT molecular complexity index is 623. The van der Waals surface area contributed by atoms with Crippen LogP contribution in [0.2, 0.25) is 0 Å². The van der Waals surface area contributed by atoms with Crippen molar-refractivity contribution in [3.63, 3.8) is 0 Å². The minimum atomic E-state index is -3.18. The number of aromatic nitrogens is 2. The summed E-state index contributed by atoms with van der Waals surface area (Å²) >= 11 is 0. The average molecular weight is 341 g/mol. The van der Waals surface area contributed by atoms with Crippen LogP contribution in [0.1, 0.15) is 19.8 Å². The van der Waals surface area contributed by atoms with Crippen molar-refractivity contribution in [3.05, 3.63) is 18.5 Å². The van der Waals surface area contributed by atoms with E-state index in [9.17, 15) is 13.2 Å². The monoisotopic (exact) mass is 341 g/mol. The van der Waals surface area contributed by atoms with Gasteiger partial charge in [-0.1, -0.05) is 0 Å². The fraction of sp³-hybridized carbons (Fsp3) is 0.643. The van der Waals surface area contributed by atoms with E-state index in [-0.39, 0.29) is 23.8 Å². The van der Waals surface area contributed by atoms with E-state index in [4.69, 9.17) is 0 Å². The Morgan fingerprint density at radius 3 is 2.78 bits per heavy atom. The third kappa shape index (κ3) is 5.85. The van der Waals surface area contributed by atoms with Crippen molar-refractivity contribution in [1.82, 2.24) is 19.6 Å². The Balaban J connectivity index is 1.88. The summed E-state index contributed by atoms with van der Waals surface area (Å²) in [5.74, 6) is 0.339. The number of hydrogen-bond acceptors (Lipinski definition) is 6. The number of hydrogen-bond donors (Lipinski definition) is 2. The number of nitrogens with one attached hydrogen (secondary N) is 2. The van der Waals surface area contributed by atoms with E-state index >= 15 is 0 Å². The van der Waals surface area contributed by atoms with E-state index < -0.39 is 10.0 Å². The number of sulfonamides is 1. The lowest BCUT2D eigenvalue weighted by Gasteiger charge is -2.35. The minimum Gasteiger partial charge on any atom is -0.293 e. The van der Waals surface area contributed by atoms with Crippen molar-refractivity contribution in [1.29, 1.82) is 0 Å². The first-order valence-electron chi connectivity index (χ1n) is 7.62. The van der Waals surface area contributed by atoms with Gasteiger partial charge in [0, 0.05) is 25.5 Å². The van der Waals surface area contributed by atoms with Crippen LogP contribution in [0.3, 0.4) is 0 Å².